The van der Waals surface area contributed by atoms with Gasteiger partial charge in [-0.2, -0.15) is 0 Å². The van der Waals surface area contributed by atoms with Crippen molar-refractivity contribution in [2.24, 2.45) is 10.8 Å². The fourth-order valence-corrected chi connectivity index (χ4v) is 6.63. The van der Waals surface area contributed by atoms with Gasteiger partial charge < -0.3 is 10.2 Å². The van der Waals surface area contributed by atoms with Crippen LogP contribution in [0.3, 0.4) is 0 Å². The van der Waals surface area contributed by atoms with Gasteiger partial charge in [-0.1, -0.05) is 138 Å². The summed E-state index contributed by atoms with van der Waals surface area (Å²) >= 11 is 0. The summed E-state index contributed by atoms with van der Waals surface area (Å²) < 4.78 is 10.6. The Kier molecular flexibility index (Phi) is 20.8. The van der Waals surface area contributed by atoms with Crippen LogP contribution < -0.4 is 0 Å². The smallest absolute Gasteiger partial charge is 0.155 e. The van der Waals surface area contributed by atoms with Crippen LogP contribution in [-0.4, -0.2) is 16.4 Å². The SMILES string of the molecule is CC(C)(C)CC(C)(C)c1ccc(O)cc1.CCCCC(CC)(CC)CP=O.CCCCCCCCc1ccccc1O. The highest BCUT2D eigenvalue weighted by Gasteiger charge is 2.27. The summed E-state index contributed by atoms with van der Waals surface area (Å²) in [6.07, 6.45) is 16.9. The lowest BCUT2D eigenvalue weighted by molar-refractivity contribution is 0.270. The van der Waals surface area contributed by atoms with Crippen LogP contribution in [0.5, 0.6) is 11.5 Å². The molecule has 0 saturated carbocycles. The Bertz CT molecular complexity index is 940. The fourth-order valence-electron chi connectivity index (χ4n) is 5.75. The molecule has 2 rings (SSSR count). The predicted octanol–water partition coefficient (Wildman–Crippen LogP) is 12.7. The molecule has 0 unspecified atom stereocenters. The standard InChI is InChI=1S/2C14H22O.C10H21OP/c1-13(2,3)10-14(4,5)11-6-8-12(15)9-7-11;1-2-3-4-5-6-7-10-13-11-8-9-12-14(13)15;1-4-7-8-10(5-2,6-3)9-12-11/h6-9,15H,10H2,1-5H3;8-9,11-12,15H,2-7,10H2,1H3;4-9H2,1-3H3. The Morgan fingerprint density at radius 2 is 1.24 bits per heavy atom. The highest BCUT2D eigenvalue weighted by atomic mass is 31.1. The molecule has 0 saturated heterocycles. The Morgan fingerprint density at radius 1 is 0.690 bits per heavy atom. The van der Waals surface area contributed by atoms with Gasteiger partial charge in [-0.05, 0) is 84.1 Å². The van der Waals surface area contributed by atoms with Crippen LogP contribution in [-0.2, 0) is 16.4 Å². The molecule has 0 heterocycles. The maximum absolute atomic E-state index is 10.6. The van der Waals surface area contributed by atoms with E-state index in [0.29, 0.717) is 30.8 Å². The molecule has 0 aromatic heterocycles. The molecule has 4 heteroatoms. The monoisotopic (exact) mass is 600 g/mol. The number of hydrogen-bond acceptors (Lipinski definition) is 3. The molecule has 0 aliphatic heterocycles. The van der Waals surface area contributed by atoms with E-state index >= 15 is 0 Å². The van der Waals surface area contributed by atoms with Gasteiger partial charge >= 0.3 is 0 Å². The van der Waals surface area contributed by atoms with Crippen molar-refractivity contribution >= 4 is 8.46 Å². The van der Waals surface area contributed by atoms with E-state index in [9.17, 15) is 14.8 Å². The highest BCUT2D eigenvalue weighted by Crippen LogP contribution is 2.37. The van der Waals surface area contributed by atoms with E-state index in [0.717, 1.165) is 24.6 Å². The Balaban J connectivity index is 0.000000606. The lowest BCUT2D eigenvalue weighted by Crippen LogP contribution is -2.24. The fraction of sp³-hybridized carbons (Fsp3) is 0.684. The molecule has 0 atom stereocenters. The van der Waals surface area contributed by atoms with Gasteiger partial charge in [-0.15, -0.1) is 0 Å². The number of rotatable bonds is 16. The second-order valence-corrected chi connectivity index (χ2v) is 14.5. The van der Waals surface area contributed by atoms with Crippen LogP contribution in [0.2, 0.25) is 0 Å². The van der Waals surface area contributed by atoms with Crippen LogP contribution in [0.15, 0.2) is 48.5 Å². The molecular formula is C38H65O3P. The van der Waals surface area contributed by atoms with E-state index in [1.807, 2.05) is 30.3 Å². The molecule has 42 heavy (non-hydrogen) atoms. The third kappa shape index (κ3) is 17.9. The second kappa shape index (κ2) is 21.8. The van der Waals surface area contributed by atoms with E-state index in [1.54, 1.807) is 18.2 Å². The summed E-state index contributed by atoms with van der Waals surface area (Å²) in [6, 6.07) is 15.2. The molecule has 0 radical (unpaired) electrons. The first kappa shape index (κ1) is 40.1. The average molecular weight is 601 g/mol. The van der Waals surface area contributed by atoms with Gasteiger partial charge in [0.25, 0.3) is 0 Å². The third-order valence-corrected chi connectivity index (χ3v) is 9.17. The first-order valence-corrected chi connectivity index (χ1v) is 17.6. The van der Waals surface area contributed by atoms with Gasteiger partial charge in [0, 0.05) is 6.16 Å². The second-order valence-electron chi connectivity index (χ2n) is 13.9. The van der Waals surface area contributed by atoms with Crippen molar-refractivity contribution in [2.45, 2.75) is 151 Å². The molecule has 0 spiro atoms. The van der Waals surface area contributed by atoms with Crippen molar-refractivity contribution in [1.29, 1.82) is 0 Å². The zero-order valence-electron chi connectivity index (χ0n) is 28.8. The van der Waals surface area contributed by atoms with Crippen LogP contribution in [0.25, 0.3) is 0 Å². The van der Waals surface area contributed by atoms with E-state index in [4.69, 9.17) is 0 Å². The van der Waals surface area contributed by atoms with E-state index < -0.39 is 0 Å². The number of unbranched alkanes of at least 4 members (excludes halogenated alkanes) is 6. The molecule has 2 N–H and O–H groups in total. The molecule has 0 amide bonds. The third-order valence-electron chi connectivity index (χ3n) is 8.37. The molecule has 0 bridgehead atoms. The summed E-state index contributed by atoms with van der Waals surface area (Å²) in [7, 11) is 0.321. The van der Waals surface area contributed by atoms with Gasteiger partial charge in [0.2, 0.25) is 0 Å². The molecule has 3 nitrogen and oxygen atoms in total. The molecule has 0 fully saturated rings. The maximum Gasteiger partial charge on any atom is 0.155 e. The zero-order chi connectivity index (χ0) is 32.1. The average Bonchev–Trinajstić information content (AvgIpc) is 2.94. The van der Waals surface area contributed by atoms with E-state index in [1.165, 1.54) is 76.2 Å². The topological polar surface area (TPSA) is 57.5 Å². The van der Waals surface area contributed by atoms with Crippen molar-refractivity contribution in [3.63, 3.8) is 0 Å². The Labute approximate surface area is 262 Å². The molecular weight excluding hydrogens is 535 g/mol. The van der Waals surface area contributed by atoms with Crippen molar-refractivity contribution in [3.8, 4) is 11.5 Å². The quantitative estimate of drug-likeness (QED) is 0.149. The van der Waals surface area contributed by atoms with Gasteiger partial charge in [0.05, 0.1) is 0 Å². The lowest BCUT2D eigenvalue weighted by atomic mass is 9.72. The lowest BCUT2D eigenvalue weighted by Gasteiger charge is -2.33. The Morgan fingerprint density at radius 3 is 1.74 bits per heavy atom. The Hall–Kier alpha value is -1.86. The van der Waals surface area contributed by atoms with Crippen LogP contribution in [0.4, 0.5) is 0 Å². The van der Waals surface area contributed by atoms with Gasteiger partial charge in [-0.25, -0.2) is 0 Å². The number of phenols is 2. The first-order chi connectivity index (χ1) is 19.8. The van der Waals surface area contributed by atoms with E-state index in [2.05, 4.69) is 62.3 Å². The number of phenolic OH excluding ortho intramolecular Hbond substituents is 2. The molecule has 2 aromatic carbocycles. The van der Waals surface area contributed by atoms with Gasteiger partial charge in [0.15, 0.2) is 8.46 Å². The summed E-state index contributed by atoms with van der Waals surface area (Å²) in [4.78, 5) is 0. The molecule has 0 aliphatic rings. The number of para-hydroxylation sites is 1. The van der Waals surface area contributed by atoms with Crippen molar-refractivity contribution < 1.29 is 14.8 Å². The molecule has 0 aliphatic carbocycles. The largest absolute Gasteiger partial charge is 0.508 e. The first-order valence-electron chi connectivity index (χ1n) is 16.6. The van der Waals surface area contributed by atoms with Gasteiger partial charge in [0.1, 0.15) is 11.5 Å². The van der Waals surface area contributed by atoms with Crippen molar-refractivity contribution in [2.75, 3.05) is 6.16 Å². The van der Waals surface area contributed by atoms with Crippen molar-refractivity contribution in [3.05, 3.63) is 59.7 Å². The summed E-state index contributed by atoms with van der Waals surface area (Å²) in [5, 5.41) is 18.8. The minimum Gasteiger partial charge on any atom is -0.508 e. The minimum absolute atomic E-state index is 0.159. The normalized spacial score (nSPS) is 11.8. The van der Waals surface area contributed by atoms with E-state index in [-0.39, 0.29) is 5.41 Å². The number of hydrogen-bond donors (Lipinski definition) is 2. The summed E-state index contributed by atoms with van der Waals surface area (Å²) in [5.74, 6) is 0.788. The minimum atomic E-state index is 0.159. The maximum atomic E-state index is 10.6. The molecule has 240 valence electrons. The number of aryl methyl sites for hydroxylation is 1. The van der Waals surface area contributed by atoms with Crippen molar-refractivity contribution in [1.82, 2.24) is 0 Å². The number of aromatic hydroxyl groups is 2. The van der Waals surface area contributed by atoms with Gasteiger partial charge in [-0.3, -0.25) is 4.57 Å². The number of benzene rings is 2. The van der Waals surface area contributed by atoms with Crippen LogP contribution in [0, 0.1) is 10.8 Å². The molecule has 2 aromatic rings. The summed E-state index contributed by atoms with van der Waals surface area (Å²) in [6.45, 7) is 20.2. The predicted molar refractivity (Wildman–Crippen MR) is 185 cm³/mol. The highest BCUT2D eigenvalue weighted by molar-refractivity contribution is 7.23. The van der Waals surface area contributed by atoms with Crippen LogP contribution >= 0.6 is 8.46 Å². The summed E-state index contributed by atoms with van der Waals surface area (Å²) in [5.41, 5.74) is 3.22. The van der Waals surface area contributed by atoms with Crippen LogP contribution in [0.1, 0.15) is 150 Å². The zero-order valence-corrected chi connectivity index (χ0v) is 29.7.